The molecule has 0 heterocycles. The second-order valence-electron chi connectivity index (χ2n) is 8.78. The van der Waals surface area contributed by atoms with Crippen molar-refractivity contribution in [2.45, 2.75) is 52.3 Å². The Kier molecular flexibility index (Phi) is 11.9. The maximum Gasteiger partial charge on any atom is 0.408 e. The Bertz CT molecular complexity index is 1190. The van der Waals surface area contributed by atoms with Crippen molar-refractivity contribution in [1.29, 1.82) is 0 Å². The Morgan fingerprint density at radius 3 is 2.30 bits per heavy atom. The largest absolute Gasteiger partial charge is 0.445 e. The second kappa shape index (κ2) is 14.8. The van der Waals surface area contributed by atoms with Crippen molar-refractivity contribution in [3.05, 3.63) is 82.8 Å². The molecule has 2 amide bonds. The summed E-state index contributed by atoms with van der Waals surface area (Å²) in [4.78, 5) is 25.8. The van der Waals surface area contributed by atoms with Crippen molar-refractivity contribution >= 4 is 22.1 Å². The molecule has 0 unspecified atom stereocenters. The molecule has 8 nitrogen and oxygen atoms in total. The molecule has 0 bridgehead atoms. The fourth-order valence-corrected chi connectivity index (χ4v) is 4.25. The van der Waals surface area contributed by atoms with E-state index in [9.17, 15) is 18.0 Å². The molecule has 0 spiro atoms. The molecule has 0 aromatic heterocycles. The van der Waals surface area contributed by atoms with Gasteiger partial charge in [-0.05, 0) is 48.6 Å². The van der Waals surface area contributed by atoms with Crippen LogP contribution in [0.4, 0.5) is 4.79 Å². The van der Waals surface area contributed by atoms with Gasteiger partial charge >= 0.3 is 6.09 Å². The molecule has 37 heavy (non-hydrogen) atoms. The number of hydrogen-bond donors (Lipinski definition) is 2. The number of alkyl carbamates (subject to hydrolysis) is 1. The highest BCUT2D eigenvalue weighted by Gasteiger charge is 2.24. The number of carbonyl (C=O) groups is 2. The van der Waals surface area contributed by atoms with Crippen molar-refractivity contribution in [3.63, 3.8) is 0 Å². The fraction of sp³-hybridized carbons (Fsp3) is 0.357. The standard InChI is InChI=1S/C28H34N2O6S/c1-5-22-12-14-24(15-13-22)20-35-28(32)30-26(19-23-10-8-7-9-11-23)27(31)29-25(18-21(3)4)16-17-37(33,34)36-6-2/h1,7-17,21,25-26H,6,18-20H2,2-4H3,(H,29,31)(H,30,32)/b17-16+/t25-,26+/m1/s1. The summed E-state index contributed by atoms with van der Waals surface area (Å²) < 4.78 is 33.9. The van der Waals surface area contributed by atoms with E-state index in [1.165, 1.54) is 6.08 Å². The maximum absolute atomic E-state index is 13.3. The van der Waals surface area contributed by atoms with Crippen LogP contribution in [0.2, 0.25) is 0 Å². The van der Waals surface area contributed by atoms with Crippen LogP contribution < -0.4 is 10.6 Å². The highest BCUT2D eigenvalue weighted by Crippen LogP contribution is 2.11. The summed E-state index contributed by atoms with van der Waals surface area (Å²) in [7, 11) is -3.86. The summed E-state index contributed by atoms with van der Waals surface area (Å²) in [5.74, 6) is 2.22. The Morgan fingerprint density at radius 2 is 1.70 bits per heavy atom. The fourth-order valence-electron chi connectivity index (χ4n) is 3.46. The first-order valence-electron chi connectivity index (χ1n) is 12.0. The van der Waals surface area contributed by atoms with E-state index in [2.05, 4.69) is 16.6 Å². The second-order valence-corrected chi connectivity index (χ2v) is 10.3. The molecule has 2 aromatic carbocycles. The van der Waals surface area contributed by atoms with E-state index in [1.54, 1.807) is 31.2 Å². The molecule has 198 valence electrons. The van der Waals surface area contributed by atoms with Crippen molar-refractivity contribution < 1.29 is 26.9 Å². The lowest BCUT2D eigenvalue weighted by Crippen LogP contribution is -2.50. The third-order valence-corrected chi connectivity index (χ3v) is 6.25. The summed E-state index contributed by atoms with van der Waals surface area (Å²) in [5, 5.41) is 6.42. The first-order valence-corrected chi connectivity index (χ1v) is 13.5. The number of carbonyl (C=O) groups excluding carboxylic acids is 2. The zero-order chi connectivity index (χ0) is 27.3. The van der Waals surface area contributed by atoms with Crippen LogP contribution in [0.3, 0.4) is 0 Å². The first kappa shape index (κ1) is 29.6. The molecule has 0 fully saturated rings. The van der Waals surface area contributed by atoms with Gasteiger partial charge in [-0.1, -0.05) is 62.2 Å². The Balaban J connectivity index is 2.13. The third-order valence-electron chi connectivity index (χ3n) is 5.19. The molecule has 2 aromatic rings. The van der Waals surface area contributed by atoms with Crippen molar-refractivity contribution in [3.8, 4) is 12.3 Å². The Morgan fingerprint density at radius 1 is 1.03 bits per heavy atom. The highest BCUT2D eigenvalue weighted by atomic mass is 32.2. The van der Waals surface area contributed by atoms with E-state index in [0.29, 0.717) is 12.0 Å². The molecule has 9 heteroatoms. The number of amides is 2. The molecule has 2 atom stereocenters. The van der Waals surface area contributed by atoms with Gasteiger partial charge in [-0.3, -0.25) is 8.98 Å². The maximum atomic E-state index is 13.3. The van der Waals surface area contributed by atoms with Gasteiger partial charge in [0, 0.05) is 18.0 Å². The van der Waals surface area contributed by atoms with Gasteiger partial charge in [0.1, 0.15) is 12.6 Å². The van der Waals surface area contributed by atoms with E-state index in [0.717, 1.165) is 16.5 Å². The quantitative estimate of drug-likeness (QED) is 0.302. The van der Waals surface area contributed by atoms with Gasteiger partial charge in [0.2, 0.25) is 5.91 Å². The molecule has 0 saturated carbocycles. The Labute approximate surface area is 219 Å². The van der Waals surface area contributed by atoms with Gasteiger partial charge in [0.25, 0.3) is 10.1 Å². The lowest BCUT2D eigenvalue weighted by atomic mass is 10.0. The number of nitrogens with one attached hydrogen (secondary N) is 2. The predicted octanol–water partition coefficient (Wildman–Crippen LogP) is 3.92. The number of hydrogen-bond acceptors (Lipinski definition) is 6. The van der Waals surface area contributed by atoms with Gasteiger partial charge in [0.05, 0.1) is 12.0 Å². The van der Waals surface area contributed by atoms with E-state index in [1.807, 2.05) is 44.2 Å². The summed E-state index contributed by atoms with van der Waals surface area (Å²) in [6.07, 6.45) is 6.69. The number of ether oxygens (including phenoxy) is 1. The molecule has 0 radical (unpaired) electrons. The highest BCUT2D eigenvalue weighted by molar-refractivity contribution is 7.89. The van der Waals surface area contributed by atoms with Crippen LogP contribution in [0.1, 0.15) is 43.9 Å². The zero-order valence-corrected chi connectivity index (χ0v) is 22.2. The average molecular weight is 527 g/mol. The molecule has 2 N–H and O–H groups in total. The van der Waals surface area contributed by atoms with Gasteiger partial charge in [-0.25, -0.2) is 4.79 Å². The van der Waals surface area contributed by atoms with E-state index < -0.39 is 34.2 Å². The first-order chi connectivity index (χ1) is 17.6. The SMILES string of the molecule is C#Cc1ccc(COC(=O)N[C@@H](Cc2ccccc2)C(=O)N[C@H](/C=C/S(=O)(=O)OCC)CC(C)C)cc1. The smallest absolute Gasteiger partial charge is 0.408 e. The summed E-state index contributed by atoms with van der Waals surface area (Å²) in [5.41, 5.74) is 2.30. The minimum atomic E-state index is -3.86. The van der Waals surface area contributed by atoms with Crippen LogP contribution in [0.5, 0.6) is 0 Å². The van der Waals surface area contributed by atoms with E-state index in [-0.39, 0.29) is 25.6 Å². The monoisotopic (exact) mass is 526 g/mol. The van der Waals surface area contributed by atoms with Gasteiger partial charge < -0.3 is 15.4 Å². The van der Waals surface area contributed by atoms with Crippen LogP contribution in [0.15, 0.2) is 66.1 Å². The van der Waals surface area contributed by atoms with Crippen LogP contribution in [0, 0.1) is 18.3 Å². The molecule has 0 saturated heterocycles. The normalized spacial score (nSPS) is 13.1. The number of rotatable bonds is 13. The van der Waals surface area contributed by atoms with Gasteiger partial charge in [-0.2, -0.15) is 8.42 Å². The van der Waals surface area contributed by atoms with Crippen molar-refractivity contribution in [2.75, 3.05) is 6.61 Å². The minimum absolute atomic E-state index is 0.00433. The number of terminal acetylenes is 1. The van der Waals surface area contributed by atoms with Gasteiger partial charge in [-0.15, -0.1) is 6.42 Å². The van der Waals surface area contributed by atoms with Crippen molar-refractivity contribution in [2.24, 2.45) is 5.92 Å². The zero-order valence-electron chi connectivity index (χ0n) is 21.3. The predicted molar refractivity (Wildman–Crippen MR) is 143 cm³/mol. The van der Waals surface area contributed by atoms with Crippen LogP contribution in [-0.4, -0.2) is 39.1 Å². The Hall–Kier alpha value is -3.61. The van der Waals surface area contributed by atoms with Crippen molar-refractivity contribution in [1.82, 2.24) is 10.6 Å². The average Bonchev–Trinajstić information content (AvgIpc) is 2.86. The van der Waals surface area contributed by atoms with Gasteiger partial charge in [0.15, 0.2) is 0 Å². The summed E-state index contributed by atoms with van der Waals surface area (Å²) in [6, 6.07) is 14.7. The minimum Gasteiger partial charge on any atom is -0.445 e. The lowest BCUT2D eigenvalue weighted by molar-refractivity contribution is -0.123. The van der Waals surface area contributed by atoms with Crippen LogP contribution in [0.25, 0.3) is 0 Å². The molecule has 2 rings (SSSR count). The topological polar surface area (TPSA) is 111 Å². The molecular weight excluding hydrogens is 492 g/mol. The van der Waals surface area contributed by atoms with E-state index in [4.69, 9.17) is 15.3 Å². The molecule has 0 aliphatic rings. The molecule has 0 aliphatic carbocycles. The van der Waals surface area contributed by atoms with Crippen LogP contribution in [-0.2, 0) is 36.9 Å². The van der Waals surface area contributed by atoms with Crippen LogP contribution >= 0.6 is 0 Å². The van der Waals surface area contributed by atoms with E-state index >= 15 is 0 Å². The molecule has 0 aliphatic heterocycles. The lowest BCUT2D eigenvalue weighted by Gasteiger charge is -2.23. The third kappa shape index (κ3) is 11.3. The summed E-state index contributed by atoms with van der Waals surface area (Å²) in [6.45, 7) is 5.50. The number of benzene rings is 2. The summed E-state index contributed by atoms with van der Waals surface area (Å²) >= 11 is 0. The molecular formula is C28H34N2O6S.